The van der Waals surface area contributed by atoms with E-state index in [1.54, 1.807) is 0 Å². The molecule has 140 valence electrons. The maximum atomic E-state index is 6.30. The molecule has 0 spiro atoms. The molecule has 3 aromatic rings. The summed E-state index contributed by atoms with van der Waals surface area (Å²) < 4.78 is 6.30. The van der Waals surface area contributed by atoms with E-state index in [0.29, 0.717) is 11.6 Å². The van der Waals surface area contributed by atoms with Crippen LogP contribution in [0.15, 0.2) is 42.5 Å². The van der Waals surface area contributed by atoms with Gasteiger partial charge >= 0.3 is 0 Å². The predicted molar refractivity (Wildman–Crippen MR) is 108 cm³/mol. The van der Waals surface area contributed by atoms with E-state index in [-0.39, 0.29) is 6.10 Å². The molecule has 0 unspecified atom stereocenters. The summed E-state index contributed by atoms with van der Waals surface area (Å²) in [6.07, 6.45) is 2.31. The number of likely N-dealkylation sites (tertiary alicyclic amines) is 1. The third kappa shape index (κ3) is 3.80. The molecule has 2 aromatic carbocycles. The molecule has 0 atom stereocenters. The Morgan fingerprint density at radius 2 is 1.93 bits per heavy atom. The highest BCUT2D eigenvalue weighted by Gasteiger charge is 2.20. The number of hydrogen-bond acceptors (Lipinski definition) is 5. The summed E-state index contributed by atoms with van der Waals surface area (Å²) in [7, 11) is 2.15. The van der Waals surface area contributed by atoms with Gasteiger partial charge in [-0.3, -0.25) is 5.10 Å². The number of nitrogens with one attached hydrogen (secondary N) is 1. The number of rotatable bonds is 4. The van der Waals surface area contributed by atoms with Gasteiger partial charge in [0.25, 0.3) is 0 Å². The molecule has 6 nitrogen and oxygen atoms in total. The molecule has 27 heavy (non-hydrogen) atoms. The average Bonchev–Trinajstić information content (AvgIpc) is 3.16. The van der Waals surface area contributed by atoms with E-state index in [9.17, 15) is 0 Å². The summed E-state index contributed by atoms with van der Waals surface area (Å²) in [5.74, 6) is 2.18. The van der Waals surface area contributed by atoms with Crippen molar-refractivity contribution in [1.82, 2.24) is 20.1 Å². The lowest BCUT2D eigenvalue weighted by Gasteiger charge is -2.29. The lowest BCUT2D eigenvalue weighted by Crippen LogP contribution is -2.35. The Morgan fingerprint density at radius 1 is 1.15 bits per heavy atom. The number of nitrogens with zero attached hydrogens (tertiary/aromatic N) is 3. The molecule has 4 rings (SSSR count). The van der Waals surface area contributed by atoms with Gasteiger partial charge in [-0.25, -0.2) is 4.98 Å². The molecule has 2 heterocycles. The Morgan fingerprint density at radius 3 is 2.70 bits per heavy atom. The minimum absolute atomic E-state index is 0.238. The molecule has 0 radical (unpaired) electrons. The molecule has 0 bridgehead atoms. The lowest BCUT2D eigenvalue weighted by molar-refractivity contribution is 0.115. The molecule has 1 aliphatic heterocycles. The zero-order chi connectivity index (χ0) is 18.8. The van der Waals surface area contributed by atoms with Crippen molar-refractivity contribution in [2.24, 2.45) is 0 Å². The predicted octanol–water partition coefficient (Wildman–Crippen LogP) is 3.50. The highest BCUT2D eigenvalue weighted by atomic mass is 16.5. The largest absolute Gasteiger partial charge is 0.490 e. The van der Waals surface area contributed by atoms with E-state index >= 15 is 0 Å². The number of H-pyrrole nitrogens is 1. The number of piperidine rings is 1. The number of nitrogens with two attached hydrogens (primary N) is 1. The number of aromatic amines is 1. The number of benzene rings is 2. The molecule has 0 saturated carbocycles. The Balaban J connectivity index is 1.59. The summed E-state index contributed by atoms with van der Waals surface area (Å²) in [5, 5.41) is 7.43. The van der Waals surface area contributed by atoms with Gasteiger partial charge in [0.1, 0.15) is 11.9 Å². The third-order valence-corrected chi connectivity index (χ3v) is 5.12. The summed E-state index contributed by atoms with van der Waals surface area (Å²) in [6.45, 7) is 4.11. The van der Waals surface area contributed by atoms with Crippen LogP contribution in [0.1, 0.15) is 18.4 Å². The fourth-order valence-corrected chi connectivity index (χ4v) is 3.34. The molecular weight excluding hydrogens is 338 g/mol. The second-order valence-electron chi connectivity index (χ2n) is 7.20. The first-order valence-corrected chi connectivity index (χ1v) is 9.33. The minimum atomic E-state index is 0.238. The molecule has 0 aliphatic carbocycles. The molecule has 6 heteroatoms. The van der Waals surface area contributed by atoms with Crippen LogP contribution in [0.25, 0.3) is 22.8 Å². The Bertz CT molecular complexity index is 928. The fraction of sp³-hybridized carbons (Fsp3) is 0.333. The highest BCUT2D eigenvalue weighted by molar-refractivity contribution is 5.68. The van der Waals surface area contributed by atoms with Crippen LogP contribution >= 0.6 is 0 Å². The summed E-state index contributed by atoms with van der Waals surface area (Å²) in [4.78, 5) is 7.01. The number of hydrogen-bond donors (Lipinski definition) is 2. The second kappa shape index (κ2) is 7.40. The monoisotopic (exact) mass is 363 g/mol. The van der Waals surface area contributed by atoms with Crippen molar-refractivity contribution >= 4 is 5.69 Å². The molecule has 3 N–H and O–H groups in total. The first-order valence-electron chi connectivity index (χ1n) is 9.33. The van der Waals surface area contributed by atoms with Gasteiger partial charge in [0.15, 0.2) is 11.6 Å². The highest BCUT2D eigenvalue weighted by Crippen LogP contribution is 2.31. The van der Waals surface area contributed by atoms with Crippen molar-refractivity contribution in [3.63, 3.8) is 0 Å². The Hall–Kier alpha value is -2.86. The molecular formula is C21H25N5O. The van der Waals surface area contributed by atoms with Crippen LogP contribution in [-0.4, -0.2) is 46.3 Å². The van der Waals surface area contributed by atoms with Crippen molar-refractivity contribution in [2.45, 2.75) is 25.9 Å². The van der Waals surface area contributed by atoms with Crippen LogP contribution in [0, 0.1) is 6.92 Å². The van der Waals surface area contributed by atoms with Crippen LogP contribution < -0.4 is 10.5 Å². The normalized spacial score (nSPS) is 15.8. The van der Waals surface area contributed by atoms with E-state index in [2.05, 4.69) is 27.1 Å². The zero-order valence-corrected chi connectivity index (χ0v) is 15.8. The number of aromatic nitrogens is 3. The Kier molecular flexibility index (Phi) is 4.81. The second-order valence-corrected chi connectivity index (χ2v) is 7.20. The summed E-state index contributed by atoms with van der Waals surface area (Å²) >= 11 is 0. The van der Waals surface area contributed by atoms with Crippen LogP contribution in [0.3, 0.4) is 0 Å². The van der Waals surface area contributed by atoms with E-state index in [0.717, 1.165) is 54.1 Å². The van der Waals surface area contributed by atoms with Gasteiger partial charge < -0.3 is 15.4 Å². The van der Waals surface area contributed by atoms with Crippen molar-refractivity contribution in [3.8, 4) is 28.5 Å². The van der Waals surface area contributed by atoms with Crippen molar-refractivity contribution in [3.05, 3.63) is 48.0 Å². The van der Waals surface area contributed by atoms with Gasteiger partial charge in [0, 0.05) is 24.3 Å². The van der Waals surface area contributed by atoms with E-state index in [4.69, 9.17) is 10.5 Å². The van der Waals surface area contributed by atoms with Gasteiger partial charge in [0.2, 0.25) is 0 Å². The van der Waals surface area contributed by atoms with Crippen molar-refractivity contribution in [2.75, 3.05) is 25.9 Å². The Labute approximate surface area is 159 Å². The van der Waals surface area contributed by atoms with Crippen LogP contribution in [0.2, 0.25) is 0 Å². The van der Waals surface area contributed by atoms with Crippen molar-refractivity contribution < 1.29 is 4.74 Å². The van der Waals surface area contributed by atoms with Gasteiger partial charge in [-0.15, -0.1) is 0 Å². The summed E-state index contributed by atoms with van der Waals surface area (Å²) in [6, 6.07) is 13.9. The fourth-order valence-electron chi connectivity index (χ4n) is 3.34. The third-order valence-electron chi connectivity index (χ3n) is 5.12. The number of anilines is 1. The quantitative estimate of drug-likeness (QED) is 0.694. The zero-order valence-electron chi connectivity index (χ0n) is 15.8. The number of para-hydroxylation sites is 1. The molecule has 1 fully saturated rings. The van der Waals surface area contributed by atoms with Gasteiger partial charge in [-0.05, 0) is 50.6 Å². The van der Waals surface area contributed by atoms with Crippen molar-refractivity contribution in [1.29, 1.82) is 0 Å². The van der Waals surface area contributed by atoms with E-state index in [1.807, 2.05) is 49.4 Å². The average molecular weight is 363 g/mol. The molecule has 1 aromatic heterocycles. The number of aryl methyl sites for hydroxylation is 1. The number of ether oxygens (including phenoxy) is 1. The van der Waals surface area contributed by atoms with E-state index < -0.39 is 0 Å². The van der Waals surface area contributed by atoms with Crippen LogP contribution in [0.5, 0.6) is 5.75 Å². The number of nitrogen functional groups attached to an aromatic ring is 1. The minimum Gasteiger partial charge on any atom is -0.490 e. The van der Waals surface area contributed by atoms with Gasteiger partial charge in [-0.2, -0.15) is 5.10 Å². The SMILES string of the molecule is Cc1ccc(-c2n[nH]c(-c3ccccc3OC3CCN(C)CC3)n2)cc1N. The smallest absolute Gasteiger partial charge is 0.181 e. The molecule has 1 saturated heterocycles. The maximum absolute atomic E-state index is 6.30. The molecule has 1 aliphatic rings. The lowest BCUT2D eigenvalue weighted by atomic mass is 10.1. The molecule has 0 amide bonds. The topological polar surface area (TPSA) is 80.1 Å². The van der Waals surface area contributed by atoms with Crippen LogP contribution in [0.4, 0.5) is 5.69 Å². The standard InChI is InChI=1S/C21H25N5O/c1-14-7-8-15(13-18(14)22)20-23-21(25-24-20)17-5-3-4-6-19(17)27-16-9-11-26(2)12-10-16/h3-8,13,16H,9-12,22H2,1-2H3,(H,23,24,25). The van der Waals surface area contributed by atoms with Gasteiger partial charge in [-0.1, -0.05) is 24.3 Å². The van der Waals surface area contributed by atoms with Crippen LogP contribution in [-0.2, 0) is 0 Å². The van der Waals surface area contributed by atoms with E-state index in [1.165, 1.54) is 0 Å². The van der Waals surface area contributed by atoms with Gasteiger partial charge in [0.05, 0.1) is 5.56 Å². The summed E-state index contributed by atoms with van der Waals surface area (Å²) in [5.41, 5.74) is 9.64. The maximum Gasteiger partial charge on any atom is 0.181 e. The first-order chi connectivity index (χ1) is 13.1. The first kappa shape index (κ1) is 17.5.